The van der Waals surface area contributed by atoms with Crippen molar-refractivity contribution >= 4 is 34.6 Å². The van der Waals surface area contributed by atoms with Gasteiger partial charge >= 0.3 is 0 Å². The summed E-state index contributed by atoms with van der Waals surface area (Å²) in [5.41, 5.74) is 6.32. The van der Waals surface area contributed by atoms with E-state index in [9.17, 15) is 4.79 Å². The second-order valence-electron chi connectivity index (χ2n) is 8.15. The van der Waals surface area contributed by atoms with Crippen LogP contribution in [0.3, 0.4) is 0 Å². The molecular weight excluding hydrogens is 446 g/mol. The summed E-state index contributed by atoms with van der Waals surface area (Å²) >= 11 is 1.39. The lowest BCUT2D eigenvalue weighted by atomic mass is 10.2. The van der Waals surface area contributed by atoms with Gasteiger partial charge in [-0.15, -0.1) is 0 Å². The van der Waals surface area contributed by atoms with Gasteiger partial charge in [0.05, 0.1) is 30.9 Å². The van der Waals surface area contributed by atoms with E-state index in [1.165, 1.54) is 17.3 Å². The molecule has 0 saturated carbocycles. The largest absolute Gasteiger partial charge is 0.497 e. The minimum absolute atomic E-state index is 0.0607. The summed E-state index contributed by atoms with van der Waals surface area (Å²) in [6.45, 7) is 7.12. The highest BCUT2D eigenvalue weighted by atomic mass is 32.2. The number of amidine groups is 1. The molecule has 0 radical (unpaired) electrons. The third-order valence-electron chi connectivity index (χ3n) is 5.75. The van der Waals surface area contributed by atoms with Crippen LogP contribution >= 0.6 is 11.8 Å². The number of ether oxygens (including phenoxy) is 2. The van der Waals surface area contributed by atoms with Gasteiger partial charge in [0.1, 0.15) is 5.75 Å². The van der Waals surface area contributed by atoms with E-state index in [2.05, 4.69) is 55.7 Å². The first-order chi connectivity index (χ1) is 16.4. The van der Waals surface area contributed by atoms with E-state index in [4.69, 9.17) is 14.5 Å². The molecule has 2 heterocycles. The van der Waals surface area contributed by atoms with Crippen molar-refractivity contribution in [3.8, 4) is 11.4 Å². The molecular formula is C27H29N3O3S. The molecule has 1 amide bonds. The molecule has 0 N–H and O–H groups in total. The molecule has 0 unspecified atom stereocenters. The molecule has 2 aromatic carbocycles. The minimum atomic E-state index is -0.0607. The summed E-state index contributed by atoms with van der Waals surface area (Å²) in [5, 5.41) is 0.644. The predicted octanol–water partition coefficient (Wildman–Crippen LogP) is 5.66. The van der Waals surface area contributed by atoms with Crippen LogP contribution in [0.4, 0.5) is 5.69 Å². The van der Waals surface area contributed by atoms with Crippen molar-refractivity contribution in [2.75, 3.05) is 27.4 Å². The van der Waals surface area contributed by atoms with Crippen molar-refractivity contribution in [3.05, 3.63) is 82.0 Å². The molecule has 0 bridgehead atoms. The van der Waals surface area contributed by atoms with Gasteiger partial charge in [0, 0.05) is 24.2 Å². The Morgan fingerprint density at radius 2 is 1.71 bits per heavy atom. The fourth-order valence-electron chi connectivity index (χ4n) is 3.90. The van der Waals surface area contributed by atoms with Crippen molar-refractivity contribution < 1.29 is 14.3 Å². The third kappa shape index (κ3) is 4.95. The van der Waals surface area contributed by atoms with Crippen molar-refractivity contribution in [3.63, 3.8) is 0 Å². The van der Waals surface area contributed by atoms with E-state index < -0.39 is 0 Å². The zero-order chi connectivity index (χ0) is 24.2. The Balaban J connectivity index is 1.68. The number of rotatable bonds is 7. The number of carbonyl (C=O) groups excluding carboxylic acids is 1. The van der Waals surface area contributed by atoms with Crippen LogP contribution in [0, 0.1) is 20.8 Å². The summed E-state index contributed by atoms with van der Waals surface area (Å²) < 4.78 is 12.7. The van der Waals surface area contributed by atoms with E-state index in [0.29, 0.717) is 23.2 Å². The number of aromatic nitrogens is 1. The summed E-state index contributed by atoms with van der Waals surface area (Å²) in [4.78, 5) is 20.4. The number of thioether (sulfide) groups is 1. The normalized spacial score (nSPS) is 16.1. The van der Waals surface area contributed by atoms with Gasteiger partial charge in [-0.25, -0.2) is 4.99 Å². The number of aryl methyl sites for hydroxylation is 2. The smallest absolute Gasteiger partial charge is 0.266 e. The molecule has 1 aliphatic rings. The lowest BCUT2D eigenvalue weighted by Crippen LogP contribution is -2.32. The standard InChI is InChI=1S/C27H29N3O3S/c1-18-6-10-23(11-7-18)30-19(2)16-21(20(30)3)17-25-26(31)29(14-15-32-4)27(34-25)28-22-8-12-24(33-5)13-9-22/h6-13,16-17H,14-15H2,1-5H3/b25-17+,28-27?. The lowest BCUT2D eigenvalue weighted by Gasteiger charge is -2.14. The zero-order valence-electron chi connectivity index (χ0n) is 20.2. The van der Waals surface area contributed by atoms with Crippen molar-refractivity contribution in [2.45, 2.75) is 20.8 Å². The number of methoxy groups -OCH3 is 2. The van der Waals surface area contributed by atoms with E-state index in [1.807, 2.05) is 30.3 Å². The molecule has 3 aromatic rings. The van der Waals surface area contributed by atoms with E-state index >= 15 is 0 Å². The molecule has 0 aliphatic carbocycles. The SMILES string of the molecule is COCCN1C(=O)/C(=C\c2cc(C)n(-c3ccc(C)cc3)c2C)SC1=Nc1ccc(OC)cc1. The maximum Gasteiger partial charge on any atom is 0.266 e. The average Bonchev–Trinajstić information content (AvgIpc) is 3.28. The number of carbonyl (C=O) groups is 1. The Morgan fingerprint density at radius 1 is 1.00 bits per heavy atom. The van der Waals surface area contributed by atoms with Crippen LogP contribution in [0.25, 0.3) is 11.8 Å². The van der Waals surface area contributed by atoms with Gasteiger partial charge in [0.2, 0.25) is 0 Å². The Bertz CT molecular complexity index is 1240. The highest BCUT2D eigenvalue weighted by molar-refractivity contribution is 8.18. The molecule has 4 rings (SSSR count). The van der Waals surface area contributed by atoms with Crippen molar-refractivity contribution in [1.29, 1.82) is 0 Å². The van der Waals surface area contributed by atoms with Crippen molar-refractivity contribution in [1.82, 2.24) is 9.47 Å². The van der Waals surface area contributed by atoms with Gasteiger partial charge in [-0.1, -0.05) is 17.7 Å². The lowest BCUT2D eigenvalue weighted by molar-refractivity contribution is -0.122. The summed E-state index contributed by atoms with van der Waals surface area (Å²) in [7, 11) is 3.26. The van der Waals surface area contributed by atoms with Gasteiger partial charge in [-0.05, 0) is 86.6 Å². The van der Waals surface area contributed by atoms with E-state index in [1.54, 1.807) is 19.1 Å². The number of amides is 1. The quantitative estimate of drug-likeness (QED) is 0.414. The Labute approximate surface area is 204 Å². The first-order valence-corrected chi connectivity index (χ1v) is 11.9. The van der Waals surface area contributed by atoms with Crippen LogP contribution in [0.1, 0.15) is 22.5 Å². The molecule has 0 spiro atoms. The van der Waals surface area contributed by atoms with Crippen LogP contribution < -0.4 is 4.74 Å². The second-order valence-corrected chi connectivity index (χ2v) is 9.16. The number of hydrogen-bond acceptors (Lipinski definition) is 5. The van der Waals surface area contributed by atoms with Gasteiger partial charge in [-0.2, -0.15) is 0 Å². The van der Waals surface area contributed by atoms with E-state index in [0.717, 1.165) is 34.1 Å². The topological polar surface area (TPSA) is 56.1 Å². The first-order valence-electron chi connectivity index (χ1n) is 11.1. The average molecular weight is 476 g/mol. The third-order valence-corrected chi connectivity index (χ3v) is 6.76. The first kappa shape index (κ1) is 23.9. The predicted molar refractivity (Wildman–Crippen MR) is 139 cm³/mol. The van der Waals surface area contributed by atoms with Gasteiger partial charge in [0.15, 0.2) is 5.17 Å². The maximum atomic E-state index is 13.3. The highest BCUT2D eigenvalue weighted by Gasteiger charge is 2.33. The van der Waals surface area contributed by atoms with Crippen LogP contribution in [0.15, 0.2) is 64.5 Å². The maximum absolute atomic E-state index is 13.3. The summed E-state index contributed by atoms with van der Waals surface area (Å²) in [6.07, 6.45) is 1.97. The van der Waals surface area contributed by atoms with Crippen LogP contribution in [0.2, 0.25) is 0 Å². The monoisotopic (exact) mass is 475 g/mol. The van der Waals surface area contributed by atoms with Crippen LogP contribution in [0.5, 0.6) is 5.75 Å². The molecule has 6 nitrogen and oxygen atoms in total. The fraction of sp³-hybridized carbons (Fsp3) is 0.259. The number of hydrogen-bond donors (Lipinski definition) is 0. The Morgan fingerprint density at radius 3 is 2.35 bits per heavy atom. The van der Waals surface area contributed by atoms with Crippen LogP contribution in [-0.4, -0.2) is 47.9 Å². The number of benzene rings is 2. The van der Waals surface area contributed by atoms with Crippen LogP contribution in [-0.2, 0) is 9.53 Å². The van der Waals surface area contributed by atoms with Gasteiger partial charge in [-0.3, -0.25) is 9.69 Å². The molecule has 176 valence electrons. The summed E-state index contributed by atoms with van der Waals surface area (Å²) in [6, 6.07) is 18.0. The molecule has 34 heavy (non-hydrogen) atoms. The van der Waals surface area contributed by atoms with Gasteiger partial charge in [0.25, 0.3) is 5.91 Å². The van der Waals surface area contributed by atoms with Gasteiger partial charge < -0.3 is 14.0 Å². The fourth-order valence-corrected chi connectivity index (χ4v) is 4.92. The molecule has 7 heteroatoms. The molecule has 1 fully saturated rings. The van der Waals surface area contributed by atoms with Crippen molar-refractivity contribution in [2.24, 2.45) is 4.99 Å². The Kier molecular flexibility index (Phi) is 7.24. The summed E-state index contributed by atoms with van der Waals surface area (Å²) in [5.74, 6) is 0.703. The zero-order valence-corrected chi connectivity index (χ0v) is 21.0. The number of aliphatic imine (C=N–C) groups is 1. The Hall–Kier alpha value is -3.29. The molecule has 0 atom stereocenters. The second kappa shape index (κ2) is 10.3. The number of nitrogens with zero attached hydrogens (tertiary/aromatic N) is 3. The van der Waals surface area contributed by atoms with E-state index in [-0.39, 0.29) is 5.91 Å². The molecule has 1 aliphatic heterocycles. The molecule has 1 aromatic heterocycles. The minimum Gasteiger partial charge on any atom is -0.497 e. The molecule has 1 saturated heterocycles. The highest BCUT2D eigenvalue weighted by Crippen LogP contribution is 2.35.